The number of aromatic nitrogens is 1. The third-order valence-corrected chi connectivity index (χ3v) is 4.95. The van der Waals surface area contributed by atoms with E-state index < -0.39 is 18.5 Å². The fraction of sp³-hybridized carbons (Fsp3) is 0.190. The zero-order valence-electron chi connectivity index (χ0n) is 15.3. The molecule has 0 saturated heterocycles. The number of hydrogen-bond donors (Lipinski definition) is 1. The van der Waals surface area contributed by atoms with Gasteiger partial charge in [-0.2, -0.15) is 0 Å². The van der Waals surface area contributed by atoms with E-state index in [-0.39, 0.29) is 18.1 Å². The minimum absolute atomic E-state index is 0.172. The molecule has 1 heterocycles. The van der Waals surface area contributed by atoms with Crippen LogP contribution in [0.2, 0.25) is 0 Å². The topological polar surface area (TPSA) is 68.3 Å². The van der Waals surface area contributed by atoms with Gasteiger partial charge in [-0.05, 0) is 29.7 Å². The molecule has 5 nitrogen and oxygen atoms in total. The van der Waals surface area contributed by atoms with Crippen LogP contribution in [-0.4, -0.2) is 23.5 Å². The van der Waals surface area contributed by atoms with Gasteiger partial charge in [0, 0.05) is 17.5 Å². The van der Waals surface area contributed by atoms with Gasteiger partial charge in [-0.3, -0.25) is 4.79 Å². The average molecular weight is 398 g/mol. The van der Waals surface area contributed by atoms with Crippen LogP contribution in [0.3, 0.4) is 0 Å². The first-order chi connectivity index (χ1) is 13.5. The maximum Gasteiger partial charge on any atom is 0.358 e. The summed E-state index contributed by atoms with van der Waals surface area (Å²) in [6.07, 6.45) is 0.957. The minimum atomic E-state index is -0.649. The molecule has 3 rings (SSSR count). The van der Waals surface area contributed by atoms with E-state index in [1.54, 1.807) is 17.5 Å². The largest absolute Gasteiger partial charge is 0.451 e. The fourth-order valence-electron chi connectivity index (χ4n) is 2.44. The smallest absolute Gasteiger partial charge is 0.358 e. The zero-order chi connectivity index (χ0) is 19.9. The summed E-state index contributed by atoms with van der Waals surface area (Å²) in [6.45, 7) is 1.91. The monoisotopic (exact) mass is 398 g/mol. The fourth-order valence-corrected chi connectivity index (χ4v) is 3.24. The zero-order valence-corrected chi connectivity index (χ0v) is 16.1. The van der Waals surface area contributed by atoms with E-state index in [2.05, 4.69) is 17.2 Å². The Morgan fingerprint density at radius 2 is 1.75 bits per heavy atom. The van der Waals surface area contributed by atoms with Crippen LogP contribution in [0, 0.1) is 5.82 Å². The van der Waals surface area contributed by atoms with Crippen molar-refractivity contribution in [2.45, 2.75) is 19.9 Å². The molecule has 0 saturated carbocycles. The molecule has 0 bridgehead atoms. The van der Waals surface area contributed by atoms with E-state index >= 15 is 0 Å². The molecule has 0 atom stereocenters. The maximum atomic E-state index is 12.9. The summed E-state index contributed by atoms with van der Waals surface area (Å²) in [7, 11) is 0. The van der Waals surface area contributed by atoms with E-state index in [1.165, 1.54) is 29.0 Å². The van der Waals surface area contributed by atoms with Gasteiger partial charge in [0.25, 0.3) is 5.91 Å². The number of esters is 1. The molecule has 1 amide bonds. The number of nitrogens with one attached hydrogen (secondary N) is 1. The molecule has 2 aromatic carbocycles. The first kappa shape index (κ1) is 19.7. The van der Waals surface area contributed by atoms with Gasteiger partial charge >= 0.3 is 5.97 Å². The summed E-state index contributed by atoms with van der Waals surface area (Å²) in [6, 6.07) is 13.8. The van der Waals surface area contributed by atoms with Gasteiger partial charge in [-0.1, -0.05) is 43.3 Å². The van der Waals surface area contributed by atoms with Crippen molar-refractivity contribution < 1.29 is 18.7 Å². The number of carbonyl (C=O) groups is 2. The number of nitrogens with zero attached hydrogens (tertiary/aromatic N) is 1. The third-order valence-electron chi connectivity index (χ3n) is 4.06. The van der Waals surface area contributed by atoms with Crippen molar-refractivity contribution in [1.82, 2.24) is 10.3 Å². The van der Waals surface area contributed by atoms with Crippen LogP contribution >= 0.6 is 11.3 Å². The molecule has 7 heteroatoms. The molecule has 1 aromatic heterocycles. The second-order valence-electron chi connectivity index (χ2n) is 6.07. The molecule has 0 spiro atoms. The summed E-state index contributed by atoms with van der Waals surface area (Å²) < 4.78 is 17.9. The standard InChI is InChI=1S/C21H19FN2O3S/c1-2-14-3-7-16(8-4-14)20-24-18(13-28-20)21(26)27-12-19(25)23-11-15-5-9-17(22)10-6-15/h3-10,13H,2,11-12H2,1H3,(H,23,25). The number of halogens is 1. The molecule has 3 aromatic rings. The van der Waals surface area contributed by atoms with Crippen molar-refractivity contribution in [3.63, 3.8) is 0 Å². The van der Waals surface area contributed by atoms with Crippen molar-refractivity contribution in [2.24, 2.45) is 0 Å². The molecule has 144 valence electrons. The number of rotatable bonds is 7. The summed E-state index contributed by atoms with van der Waals surface area (Å²) >= 11 is 1.34. The Morgan fingerprint density at radius 1 is 1.07 bits per heavy atom. The van der Waals surface area contributed by atoms with Gasteiger partial charge in [0.2, 0.25) is 0 Å². The van der Waals surface area contributed by atoms with Crippen molar-refractivity contribution in [1.29, 1.82) is 0 Å². The Balaban J connectivity index is 1.49. The summed E-state index contributed by atoms with van der Waals surface area (Å²) in [5, 5.41) is 4.94. The van der Waals surface area contributed by atoms with Gasteiger partial charge in [0.05, 0.1) is 0 Å². The average Bonchev–Trinajstić information content (AvgIpc) is 3.22. The van der Waals surface area contributed by atoms with Crippen LogP contribution in [0.15, 0.2) is 53.9 Å². The molecule has 0 aliphatic heterocycles. The number of aryl methyl sites for hydroxylation is 1. The lowest BCUT2D eigenvalue weighted by Gasteiger charge is -2.06. The second-order valence-corrected chi connectivity index (χ2v) is 6.93. The number of carbonyl (C=O) groups excluding carboxylic acids is 2. The Labute approximate surface area is 166 Å². The lowest BCUT2D eigenvalue weighted by atomic mass is 10.1. The number of benzene rings is 2. The lowest BCUT2D eigenvalue weighted by Crippen LogP contribution is -2.28. The molecule has 0 radical (unpaired) electrons. The van der Waals surface area contributed by atoms with Crippen molar-refractivity contribution in [3.8, 4) is 10.6 Å². The first-order valence-electron chi connectivity index (χ1n) is 8.78. The van der Waals surface area contributed by atoms with Crippen LogP contribution in [-0.2, 0) is 22.5 Å². The number of amides is 1. The summed E-state index contributed by atoms with van der Waals surface area (Å²) in [5.41, 5.74) is 3.08. The molecular formula is C21H19FN2O3S. The molecule has 1 N–H and O–H groups in total. The Kier molecular flexibility index (Phi) is 6.49. The quantitative estimate of drug-likeness (QED) is 0.611. The highest BCUT2D eigenvalue weighted by Gasteiger charge is 2.15. The summed E-state index contributed by atoms with van der Waals surface area (Å²) in [4.78, 5) is 28.2. The van der Waals surface area contributed by atoms with Gasteiger partial charge < -0.3 is 10.1 Å². The van der Waals surface area contributed by atoms with E-state index in [4.69, 9.17) is 4.74 Å². The molecular weight excluding hydrogens is 379 g/mol. The predicted molar refractivity (Wildman–Crippen MR) is 105 cm³/mol. The van der Waals surface area contributed by atoms with Crippen molar-refractivity contribution >= 4 is 23.2 Å². The highest BCUT2D eigenvalue weighted by molar-refractivity contribution is 7.13. The molecule has 0 unspecified atom stereocenters. The predicted octanol–water partition coefficient (Wildman–Crippen LogP) is 3.98. The third kappa shape index (κ3) is 5.23. The van der Waals surface area contributed by atoms with E-state index in [0.29, 0.717) is 0 Å². The highest BCUT2D eigenvalue weighted by atomic mass is 32.1. The molecule has 0 aliphatic carbocycles. The van der Waals surface area contributed by atoms with Gasteiger partial charge in [0.1, 0.15) is 10.8 Å². The first-order valence-corrected chi connectivity index (χ1v) is 9.66. The SMILES string of the molecule is CCc1ccc(-c2nc(C(=O)OCC(=O)NCc3ccc(F)cc3)cs2)cc1. The molecule has 0 fully saturated rings. The number of ether oxygens (including phenoxy) is 1. The van der Waals surface area contributed by atoms with Gasteiger partial charge in [0.15, 0.2) is 12.3 Å². The van der Waals surface area contributed by atoms with Crippen LogP contribution < -0.4 is 5.32 Å². The molecule has 0 aliphatic rings. The second kappa shape index (κ2) is 9.23. The molecule has 28 heavy (non-hydrogen) atoms. The van der Waals surface area contributed by atoms with Crippen LogP contribution in [0.5, 0.6) is 0 Å². The van der Waals surface area contributed by atoms with Crippen molar-refractivity contribution in [2.75, 3.05) is 6.61 Å². The Morgan fingerprint density at radius 3 is 2.43 bits per heavy atom. The van der Waals surface area contributed by atoms with Crippen molar-refractivity contribution in [3.05, 3.63) is 76.5 Å². The minimum Gasteiger partial charge on any atom is -0.451 e. The Hall–Kier alpha value is -3.06. The van der Waals surface area contributed by atoms with E-state index in [0.717, 1.165) is 22.6 Å². The van der Waals surface area contributed by atoms with Gasteiger partial charge in [-0.25, -0.2) is 14.2 Å². The van der Waals surface area contributed by atoms with E-state index in [1.807, 2.05) is 24.3 Å². The maximum absolute atomic E-state index is 12.9. The normalized spacial score (nSPS) is 10.5. The van der Waals surface area contributed by atoms with Crippen LogP contribution in [0.4, 0.5) is 4.39 Å². The number of hydrogen-bond acceptors (Lipinski definition) is 5. The summed E-state index contributed by atoms with van der Waals surface area (Å²) in [5.74, 6) is -1.43. The highest BCUT2D eigenvalue weighted by Crippen LogP contribution is 2.24. The van der Waals surface area contributed by atoms with E-state index in [9.17, 15) is 14.0 Å². The Bertz CT molecular complexity index is 953. The van der Waals surface area contributed by atoms with Gasteiger partial charge in [-0.15, -0.1) is 11.3 Å². The van der Waals surface area contributed by atoms with Crippen LogP contribution in [0.1, 0.15) is 28.5 Å². The number of thiazole rings is 1. The lowest BCUT2D eigenvalue weighted by molar-refractivity contribution is -0.124. The van der Waals surface area contributed by atoms with Crippen LogP contribution in [0.25, 0.3) is 10.6 Å².